The first-order chi connectivity index (χ1) is 8.70. The molecule has 7 nitrogen and oxygen atoms in total. The molecule has 0 bridgehead atoms. The topological polar surface area (TPSA) is 105 Å². The molecule has 0 saturated heterocycles. The number of anilines is 1. The molecule has 1 aromatic rings. The molecule has 19 heavy (non-hydrogen) atoms. The lowest BCUT2D eigenvalue weighted by Crippen LogP contribution is -2.24. The number of hydrogen-bond acceptors (Lipinski definition) is 6. The second-order valence-corrected chi connectivity index (χ2v) is 7.89. The highest BCUT2D eigenvalue weighted by Gasteiger charge is 2.13. The Kier molecular flexibility index (Phi) is 5.27. The molecule has 0 spiro atoms. The summed E-state index contributed by atoms with van der Waals surface area (Å²) in [6, 6.07) is 3.02. The fourth-order valence-corrected chi connectivity index (χ4v) is 2.69. The van der Waals surface area contributed by atoms with Crippen LogP contribution in [0.4, 0.5) is 5.82 Å². The number of sulfone groups is 1. The standard InChI is InChI=1S/C10H17N3O4S2/c1-18(14,15)9-5-3-6-11-10(9)12-7-4-8-13-19(2,16)17/h3,5-6,13H,4,7-8H2,1-2H3,(H,11,12). The van der Waals surface area contributed by atoms with Crippen LogP contribution in [0.15, 0.2) is 23.2 Å². The normalized spacial score (nSPS) is 12.3. The summed E-state index contributed by atoms with van der Waals surface area (Å²) in [7, 11) is -6.53. The van der Waals surface area contributed by atoms with Crippen molar-refractivity contribution in [1.82, 2.24) is 9.71 Å². The van der Waals surface area contributed by atoms with Crippen LogP contribution in [-0.4, -0.2) is 47.4 Å². The van der Waals surface area contributed by atoms with Gasteiger partial charge in [-0.3, -0.25) is 0 Å². The summed E-state index contributed by atoms with van der Waals surface area (Å²) in [4.78, 5) is 4.09. The van der Waals surface area contributed by atoms with Crippen LogP contribution in [0.1, 0.15) is 6.42 Å². The molecule has 0 atom stereocenters. The van der Waals surface area contributed by atoms with E-state index >= 15 is 0 Å². The number of sulfonamides is 1. The summed E-state index contributed by atoms with van der Waals surface area (Å²) in [6.07, 6.45) is 4.21. The SMILES string of the molecule is CS(=O)(=O)NCCCNc1ncccc1S(C)(=O)=O. The molecule has 0 radical (unpaired) electrons. The Morgan fingerprint density at radius 2 is 1.84 bits per heavy atom. The van der Waals surface area contributed by atoms with Gasteiger partial charge in [-0.05, 0) is 18.6 Å². The molecule has 0 aliphatic heterocycles. The van der Waals surface area contributed by atoms with Crippen molar-refractivity contribution in [3.8, 4) is 0 Å². The van der Waals surface area contributed by atoms with Crippen LogP contribution in [0.2, 0.25) is 0 Å². The molecular formula is C10H17N3O4S2. The monoisotopic (exact) mass is 307 g/mol. The van der Waals surface area contributed by atoms with E-state index in [2.05, 4.69) is 15.0 Å². The van der Waals surface area contributed by atoms with Gasteiger partial charge in [0.1, 0.15) is 10.7 Å². The van der Waals surface area contributed by atoms with Gasteiger partial charge in [0.25, 0.3) is 0 Å². The maximum absolute atomic E-state index is 11.5. The van der Waals surface area contributed by atoms with Gasteiger partial charge >= 0.3 is 0 Å². The Labute approximate surface area is 113 Å². The summed E-state index contributed by atoms with van der Waals surface area (Å²) < 4.78 is 47.0. The highest BCUT2D eigenvalue weighted by atomic mass is 32.2. The van der Waals surface area contributed by atoms with Gasteiger partial charge in [-0.2, -0.15) is 0 Å². The Morgan fingerprint density at radius 3 is 2.42 bits per heavy atom. The molecule has 1 rings (SSSR count). The van der Waals surface area contributed by atoms with Crippen LogP contribution >= 0.6 is 0 Å². The maximum atomic E-state index is 11.5. The van der Waals surface area contributed by atoms with E-state index in [4.69, 9.17) is 0 Å². The van der Waals surface area contributed by atoms with Gasteiger partial charge in [0, 0.05) is 25.5 Å². The van der Waals surface area contributed by atoms with Crippen molar-refractivity contribution in [3.63, 3.8) is 0 Å². The minimum atomic E-state index is -3.34. The number of nitrogens with zero attached hydrogens (tertiary/aromatic N) is 1. The van der Waals surface area contributed by atoms with E-state index in [-0.39, 0.29) is 17.3 Å². The average molecular weight is 307 g/mol. The molecule has 0 unspecified atom stereocenters. The molecule has 1 aromatic heterocycles. The lowest BCUT2D eigenvalue weighted by atomic mass is 10.4. The third-order valence-corrected chi connectivity index (χ3v) is 4.04. The number of pyridine rings is 1. The lowest BCUT2D eigenvalue weighted by molar-refractivity contribution is 0.586. The molecule has 1 heterocycles. The zero-order valence-electron chi connectivity index (χ0n) is 10.8. The summed E-state index contributed by atoms with van der Waals surface area (Å²) in [5.74, 6) is 0.282. The fourth-order valence-electron chi connectivity index (χ4n) is 1.38. The smallest absolute Gasteiger partial charge is 0.208 e. The molecule has 0 aromatic carbocycles. The first-order valence-corrected chi connectivity index (χ1v) is 9.32. The zero-order valence-corrected chi connectivity index (χ0v) is 12.4. The zero-order chi connectivity index (χ0) is 14.5. The van der Waals surface area contributed by atoms with Crippen molar-refractivity contribution in [3.05, 3.63) is 18.3 Å². The summed E-state index contributed by atoms with van der Waals surface area (Å²) in [5, 5.41) is 2.88. The molecule has 9 heteroatoms. The lowest BCUT2D eigenvalue weighted by Gasteiger charge is -2.09. The third-order valence-electron chi connectivity index (χ3n) is 2.18. The van der Waals surface area contributed by atoms with Gasteiger partial charge in [0.2, 0.25) is 10.0 Å². The van der Waals surface area contributed by atoms with E-state index in [1.54, 1.807) is 6.07 Å². The largest absolute Gasteiger partial charge is 0.369 e. The highest BCUT2D eigenvalue weighted by molar-refractivity contribution is 7.90. The van der Waals surface area contributed by atoms with Gasteiger partial charge in [-0.15, -0.1) is 0 Å². The molecule has 108 valence electrons. The van der Waals surface area contributed by atoms with Gasteiger partial charge in [-0.1, -0.05) is 0 Å². The first kappa shape index (κ1) is 15.9. The van der Waals surface area contributed by atoms with Crippen LogP contribution in [0.3, 0.4) is 0 Å². The Bertz CT molecular complexity index is 626. The number of aromatic nitrogens is 1. The summed E-state index contributed by atoms with van der Waals surface area (Å²) in [6.45, 7) is 0.703. The second kappa shape index (κ2) is 6.31. The average Bonchev–Trinajstić information content (AvgIpc) is 2.26. The molecule has 0 aliphatic rings. The number of hydrogen-bond donors (Lipinski definition) is 2. The van der Waals surface area contributed by atoms with E-state index in [9.17, 15) is 16.8 Å². The molecular weight excluding hydrogens is 290 g/mol. The van der Waals surface area contributed by atoms with E-state index in [0.717, 1.165) is 12.5 Å². The molecule has 0 aliphatic carbocycles. The van der Waals surface area contributed by atoms with Crippen molar-refractivity contribution in [1.29, 1.82) is 0 Å². The van der Waals surface area contributed by atoms with Gasteiger partial charge in [0.05, 0.1) is 6.26 Å². The quantitative estimate of drug-likeness (QED) is 0.678. The van der Waals surface area contributed by atoms with Crippen molar-refractivity contribution in [2.45, 2.75) is 11.3 Å². The van der Waals surface area contributed by atoms with Gasteiger partial charge < -0.3 is 5.32 Å². The summed E-state index contributed by atoms with van der Waals surface area (Å²) in [5.41, 5.74) is 0. The minimum absolute atomic E-state index is 0.131. The van der Waals surface area contributed by atoms with Crippen LogP contribution in [0.25, 0.3) is 0 Å². The van der Waals surface area contributed by atoms with Crippen LogP contribution in [0.5, 0.6) is 0 Å². The Hall–Kier alpha value is -1.19. The van der Waals surface area contributed by atoms with E-state index in [0.29, 0.717) is 13.0 Å². The first-order valence-electron chi connectivity index (χ1n) is 5.54. The molecule has 0 amide bonds. The van der Waals surface area contributed by atoms with Gasteiger partial charge in [-0.25, -0.2) is 26.5 Å². The number of rotatable bonds is 7. The van der Waals surface area contributed by atoms with Gasteiger partial charge in [0.15, 0.2) is 9.84 Å². The molecule has 0 saturated carbocycles. The van der Waals surface area contributed by atoms with E-state index in [1.165, 1.54) is 12.3 Å². The van der Waals surface area contributed by atoms with Crippen LogP contribution < -0.4 is 10.0 Å². The Balaban J connectivity index is 2.55. The van der Waals surface area contributed by atoms with Crippen LogP contribution in [-0.2, 0) is 19.9 Å². The maximum Gasteiger partial charge on any atom is 0.208 e. The second-order valence-electron chi connectivity index (χ2n) is 4.07. The van der Waals surface area contributed by atoms with Crippen molar-refractivity contribution in [2.24, 2.45) is 0 Å². The van der Waals surface area contributed by atoms with Crippen molar-refractivity contribution < 1.29 is 16.8 Å². The Morgan fingerprint density at radius 1 is 1.16 bits per heavy atom. The molecule has 2 N–H and O–H groups in total. The molecule has 0 fully saturated rings. The highest BCUT2D eigenvalue weighted by Crippen LogP contribution is 2.17. The van der Waals surface area contributed by atoms with E-state index < -0.39 is 19.9 Å². The predicted octanol–water partition coefficient (Wildman–Crippen LogP) is -0.164. The third kappa shape index (κ3) is 5.99. The van der Waals surface area contributed by atoms with Crippen molar-refractivity contribution >= 4 is 25.7 Å². The predicted molar refractivity (Wildman–Crippen MR) is 73.3 cm³/mol. The number of nitrogens with one attached hydrogen (secondary N) is 2. The van der Waals surface area contributed by atoms with Crippen LogP contribution in [0, 0.1) is 0 Å². The summed E-state index contributed by atoms with van der Waals surface area (Å²) >= 11 is 0. The minimum Gasteiger partial charge on any atom is -0.369 e. The van der Waals surface area contributed by atoms with Crippen molar-refractivity contribution in [2.75, 3.05) is 30.9 Å². The van der Waals surface area contributed by atoms with E-state index in [1.807, 2.05) is 0 Å². The fraction of sp³-hybridized carbons (Fsp3) is 0.500.